The van der Waals surface area contributed by atoms with Crippen LogP contribution < -0.4 is 0 Å². The van der Waals surface area contributed by atoms with E-state index in [1.165, 1.54) is 6.07 Å². The summed E-state index contributed by atoms with van der Waals surface area (Å²) in [5.74, 6) is 0.182. The lowest BCUT2D eigenvalue weighted by atomic mass is 10.1. The van der Waals surface area contributed by atoms with Crippen molar-refractivity contribution < 1.29 is 9.90 Å². The van der Waals surface area contributed by atoms with Crippen LogP contribution in [0.3, 0.4) is 0 Å². The number of nitrogens with one attached hydrogen (secondary N) is 1. The molecule has 1 aromatic carbocycles. The SMILES string of the molecule is Cc1[nH]c2c(O)ccc(C=O)c2c1C. The number of aromatic nitrogens is 1. The van der Waals surface area contributed by atoms with Crippen LogP contribution in [0, 0.1) is 13.8 Å². The third kappa shape index (κ3) is 1.02. The van der Waals surface area contributed by atoms with Crippen LogP contribution in [0.5, 0.6) is 5.75 Å². The number of H-pyrrole nitrogens is 1. The van der Waals surface area contributed by atoms with Crippen molar-refractivity contribution in [2.75, 3.05) is 0 Å². The number of hydrogen-bond acceptors (Lipinski definition) is 2. The molecule has 0 aliphatic heterocycles. The predicted octanol–water partition coefficient (Wildman–Crippen LogP) is 2.30. The summed E-state index contributed by atoms with van der Waals surface area (Å²) in [4.78, 5) is 13.9. The molecule has 2 rings (SSSR count). The minimum Gasteiger partial charge on any atom is -0.506 e. The summed E-state index contributed by atoms with van der Waals surface area (Å²) in [6, 6.07) is 3.16. The summed E-state index contributed by atoms with van der Waals surface area (Å²) in [6.07, 6.45) is 0.808. The lowest BCUT2D eigenvalue weighted by molar-refractivity contribution is 0.112. The Kier molecular flexibility index (Phi) is 1.81. The molecule has 3 nitrogen and oxygen atoms in total. The number of rotatable bonds is 1. The van der Waals surface area contributed by atoms with Gasteiger partial charge in [-0.25, -0.2) is 0 Å². The molecule has 0 spiro atoms. The van der Waals surface area contributed by atoms with Crippen molar-refractivity contribution >= 4 is 17.2 Å². The van der Waals surface area contributed by atoms with Gasteiger partial charge in [-0.2, -0.15) is 0 Å². The van der Waals surface area contributed by atoms with Gasteiger partial charge in [0.15, 0.2) is 6.29 Å². The number of carbonyl (C=O) groups is 1. The zero-order chi connectivity index (χ0) is 10.3. The van der Waals surface area contributed by atoms with Crippen molar-refractivity contribution in [1.29, 1.82) is 0 Å². The Morgan fingerprint density at radius 1 is 1.36 bits per heavy atom. The van der Waals surface area contributed by atoms with Crippen molar-refractivity contribution in [3.8, 4) is 5.75 Å². The van der Waals surface area contributed by atoms with Gasteiger partial charge in [0.1, 0.15) is 5.75 Å². The molecule has 3 heteroatoms. The summed E-state index contributed by atoms with van der Waals surface area (Å²) in [5.41, 5.74) is 3.24. The largest absolute Gasteiger partial charge is 0.506 e. The predicted molar refractivity (Wildman–Crippen MR) is 54.8 cm³/mol. The molecule has 72 valence electrons. The molecule has 0 radical (unpaired) electrons. The van der Waals surface area contributed by atoms with E-state index in [9.17, 15) is 9.90 Å². The number of phenolic OH excluding ortho intramolecular Hbond substituents is 1. The quantitative estimate of drug-likeness (QED) is 0.676. The van der Waals surface area contributed by atoms with Crippen LogP contribution >= 0.6 is 0 Å². The highest BCUT2D eigenvalue weighted by atomic mass is 16.3. The van der Waals surface area contributed by atoms with E-state index in [1.807, 2.05) is 13.8 Å². The first-order valence-electron chi connectivity index (χ1n) is 4.41. The van der Waals surface area contributed by atoms with E-state index in [0.29, 0.717) is 11.1 Å². The third-order valence-electron chi connectivity index (χ3n) is 2.59. The molecular formula is C11H11NO2. The molecule has 0 fully saturated rings. The van der Waals surface area contributed by atoms with Crippen molar-refractivity contribution in [3.63, 3.8) is 0 Å². The van der Waals surface area contributed by atoms with Crippen LogP contribution in [0.4, 0.5) is 0 Å². The van der Waals surface area contributed by atoms with Gasteiger partial charge >= 0.3 is 0 Å². The van der Waals surface area contributed by atoms with Crippen LogP contribution in [0.25, 0.3) is 10.9 Å². The van der Waals surface area contributed by atoms with E-state index in [0.717, 1.165) is 22.9 Å². The normalized spacial score (nSPS) is 10.7. The Bertz CT molecular complexity index is 511. The Hall–Kier alpha value is -1.77. The van der Waals surface area contributed by atoms with E-state index in [-0.39, 0.29) is 5.75 Å². The first-order valence-corrected chi connectivity index (χ1v) is 4.41. The second-order valence-corrected chi connectivity index (χ2v) is 3.42. The summed E-state index contributed by atoms with van der Waals surface area (Å²) >= 11 is 0. The van der Waals surface area contributed by atoms with Crippen molar-refractivity contribution in [2.45, 2.75) is 13.8 Å². The summed E-state index contributed by atoms with van der Waals surface area (Å²) in [5, 5.41) is 10.4. The van der Waals surface area contributed by atoms with Crippen LogP contribution in [0.15, 0.2) is 12.1 Å². The molecule has 0 bridgehead atoms. The van der Waals surface area contributed by atoms with Gasteiger partial charge in [-0.1, -0.05) is 0 Å². The van der Waals surface area contributed by atoms with Gasteiger partial charge in [0, 0.05) is 16.6 Å². The number of aromatic hydroxyl groups is 1. The average molecular weight is 189 g/mol. The third-order valence-corrected chi connectivity index (χ3v) is 2.59. The lowest BCUT2D eigenvalue weighted by Crippen LogP contribution is -1.82. The molecule has 2 N–H and O–H groups in total. The Morgan fingerprint density at radius 3 is 2.71 bits per heavy atom. The lowest BCUT2D eigenvalue weighted by Gasteiger charge is -1.98. The van der Waals surface area contributed by atoms with Crippen molar-refractivity contribution in [3.05, 3.63) is 29.0 Å². The maximum atomic E-state index is 10.8. The van der Waals surface area contributed by atoms with E-state index in [4.69, 9.17) is 0 Å². The molecule has 1 heterocycles. The number of aldehydes is 1. The standard InChI is InChI=1S/C11H11NO2/c1-6-7(2)12-11-9(14)4-3-8(5-13)10(6)11/h3-5,12,14H,1-2H3. The Morgan fingerprint density at radius 2 is 2.07 bits per heavy atom. The van der Waals surface area contributed by atoms with Crippen LogP contribution in [-0.2, 0) is 0 Å². The van der Waals surface area contributed by atoms with Crippen molar-refractivity contribution in [2.24, 2.45) is 0 Å². The van der Waals surface area contributed by atoms with Crippen LogP contribution in [0.1, 0.15) is 21.6 Å². The highest BCUT2D eigenvalue weighted by Gasteiger charge is 2.11. The zero-order valence-electron chi connectivity index (χ0n) is 8.09. The van der Waals surface area contributed by atoms with Gasteiger partial charge in [0.25, 0.3) is 0 Å². The molecule has 0 aliphatic carbocycles. The number of phenols is 1. The molecule has 0 aliphatic rings. The minimum absolute atomic E-state index is 0.182. The molecular weight excluding hydrogens is 178 g/mol. The average Bonchev–Trinajstić information content (AvgIpc) is 2.47. The molecule has 0 unspecified atom stereocenters. The molecule has 0 saturated carbocycles. The zero-order valence-corrected chi connectivity index (χ0v) is 8.09. The number of benzene rings is 1. The van der Waals surface area contributed by atoms with Gasteiger partial charge in [0.05, 0.1) is 5.52 Å². The maximum Gasteiger partial charge on any atom is 0.150 e. The molecule has 1 aromatic heterocycles. The van der Waals surface area contributed by atoms with Crippen LogP contribution in [0.2, 0.25) is 0 Å². The molecule has 0 atom stereocenters. The van der Waals surface area contributed by atoms with E-state index in [2.05, 4.69) is 4.98 Å². The highest BCUT2D eigenvalue weighted by Crippen LogP contribution is 2.30. The Labute approximate surface area is 81.4 Å². The fraction of sp³-hybridized carbons (Fsp3) is 0.182. The van der Waals surface area contributed by atoms with E-state index < -0.39 is 0 Å². The summed E-state index contributed by atoms with van der Waals surface area (Å²) in [6.45, 7) is 3.85. The molecule has 14 heavy (non-hydrogen) atoms. The monoisotopic (exact) mass is 189 g/mol. The number of hydrogen-bond donors (Lipinski definition) is 2. The van der Waals surface area contributed by atoms with E-state index >= 15 is 0 Å². The van der Waals surface area contributed by atoms with Crippen molar-refractivity contribution in [1.82, 2.24) is 4.98 Å². The van der Waals surface area contributed by atoms with Gasteiger partial charge in [-0.05, 0) is 31.5 Å². The van der Waals surface area contributed by atoms with Gasteiger partial charge < -0.3 is 10.1 Å². The number of aromatic amines is 1. The highest BCUT2D eigenvalue weighted by molar-refractivity contribution is 6.01. The van der Waals surface area contributed by atoms with E-state index in [1.54, 1.807) is 6.07 Å². The van der Waals surface area contributed by atoms with Gasteiger partial charge in [0.2, 0.25) is 0 Å². The topological polar surface area (TPSA) is 53.1 Å². The van der Waals surface area contributed by atoms with Crippen LogP contribution in [-0.4, -0.2) is 16.4 Å². The first kappa shape index (κ1) is 8.81. The molecule has 2 aromatic rings. The smallest absolute Gasteiger partial charge is 0.150 e. The molecule has 0 saturated heterocycles. The first-order chi connectivity index (χ1) is 6.65. The fourth-order valence-electron chi connectivity index (χ4n) is 1.71. The number of aryl methyl sites for hydroxylation is 2. The summed E-state index contributed by atoms with van der Waals surface area (Å²) in [7, 11) is 0. The summed E-state index contributed by atoms with van der Waals surface area (Å²) < 4.78 is 0. The molecule has 0 amide bonds. The second kappa shape index (κ2) is 2.87. The number of carbonyl (C=O) groups excluding carboxylic acids is 1. The Balaban J connectivity index is 2.99. The number of fused-ring (bicyclic) bond motifs is 1. The second-order valence-electron chi connectivity index (χ2n) is 3.42. The minimum atomic E-state index is 0.182. The van der Waals surface area contributed by atoms with Gasteiger partial charge in [-0.3, -0.25) is 4.79 Å². The maximum absolute atomic E-state index is 10.8. The van der Waals surface area contributed by atoms with Gasteiger partial charge in [-0.15, -0.1) is 0 Å². The fourth-order valence-corrected chi connectivity index (χ4v) is 1.71.